The van der Waals surface area contributed by atoms with E-state index >= 15 is 0 Å². The Balaban J connectivity index is 2.08. The Hall–Kier alpha value is -2.99. The molecule has 3 aromatic carbocycles. The van der Waals surface area contributed by atoms with E-state index in [1.807, 2.05) is 65.2 Å². The Morgan fingerprint density at radius 3 is 2.40 bits per heavy atom. The molecule has 0 spiro atoms. The smallest absolute Gasteiger partial charge is 0.285 e. The maximum atomic E-state index is 11.3. The van der Waals surface area contributed by atoms with Crippen molar-refractivity contribution in [1.29, 1.82) is 0 Å². The van der Waals surface area contributed by atoms with Crippen LogP contribution in [0.4, 0.5) is 5.69 Å². The molecule has 0 unspecified atom stereocenters. The molecule has 25 heavy (non-hydrogen) atoms. The molecule has 0 amide bonds. The van der Waals surface area contributed by atoms with Crippen molar-refractivity contribution < 1.29 is 4.92 Å². The van der Waals surface area contributed by atoms with E-state index in [2.05, 4.69) is 15.9 Å². The van der Waals surface area contributed by atoms with Gasteiger partial charge in [-0.1, -0.05) is 48.5 Å². The zero-order chi connectivity index (χ0) is 17.4. The summed E-state index contributed by atoms with van der Waals surface area (Å²) in [5.41, 5.74) is 3.37. The van der Waals surface area contributed by atoms with E-state index in [-0.39, 0.29) is 5.69 Å². The minimum absolute atomic E-state index is 0.0225. The molecule has 122 valence electrons. The number of hydrogen-bond donors (Lipinski definition) is 0. The van der Waals surface area contributed by atoms with Crippen LogP contribution in [-0.2, 0) is 0 Å². The highest BCUT2D eigenvalue weighted by molar-refractivity contribution is 9.10. The zero-order valence-electron chi connectivity index (χ0n) is 13.0. The standard InChI is InChI=1S/C19H12BrN3O2/c20-18-16(11-6-12-17(18)23(24)25)22-15-10-5-4-9-14(15)21-19(22)13-7-2-1-3-8-13/h1-12H. The number of hydrogen-bond acceptors (Lipinski definition) is 3. The van der Waals surface area contributed by atoms with E-state index in [1.54, 1.807) is 6.07 Å². The van der Waals surface area contributed by atoms with Crippen molar-refractivity contribution in [2.75, 3.05) is 0 Å². The summed E-state index contributed by atoms with van der Waals surface area (Å²) >= 11 is 3.41. The van der Waals surface area contributed by atoms with Gasteiger partial charge in [-0.05, 0) is 34.1 Å². The van der Waals surface area contributed by atoms with E-state index in [4.69, 9.17) is 4.98 Å². The molecule has 0 aliphatic heterocycles. The number of rotatable bonds is 3. The summed E-state index contributed by atoms with van der Waals surface area (Å²) in [7, 11) is 0. The topological polar surface area (TPSA) is 61.0 Å². The van der Waals surface area contributed by atoms with E-state index in [9.17, 15) is 10.1 Å². The predicted octanol–water partition coefficient (Wildman–Crippen LogP) is 5.36. The van der Waals surface area contributed by atoms with Crippen LogP contribution in [0.25, 0.3) is 28.1 Å². The lowest BCUT2D eigenvalue weighted by Crippen LogP contribution is -2.00. The van der Waals surface area contributed by atoms with Crippen LogP contribution in [0, 0.1) is 10.1 Å². The van der Waals surface area contributed by atoms with E-state index in [1.165, 1.54) is 6.07 Å². The van der Waals surface area contributed by atoms with Crippen LogP contribution in [0.1, 0.15) is 0 Å². The molecule has 0 fully saturated rings. The van der Waals surface area contributed by atoms with Crippen LogP contribution in [0.15, 0.2) is 77.3 Å². The molecule has 0 bridgehead atoms. The van der Waals surface area contributed by atoms with Crippen LogP contribution in [0.2, 0.25) is 0 Å². The summed E-state index contributed by atoms with van der Waals surface area (Å²) in [4.78, 5) is 15.7. The average molecular weight is 394 g/mol. The van der Waals surface area contributed by atoms with E-state index < -0.39 is 4.92 Å². The second-order valence-corrected chi connectivity index (χ2v) is 6.29. The van der Waals surface area contributed by atoms with Gasteiger partial charge in [-0.25, -0.2) is 4.98 Å². The lowest BCUT2D eigenvalue weighted by Gasteiger charge is -2.11. The van der Waals surface area contributed by atoms with Gasteiger partial charge < -0.3 is 0 Å². The van der Waals surface area contributed by atoms with Gasteiger partial charge in [-0.3, -0.25) is 14.7 Å². The second kappa shape index (κ2) is 6.14. The van der Waals surface area contributed by atoms with Crippen LogP contribution in [0.3, 0.4) is 0 Å². The third kappa shape index (κ3) is 2.60. The van der Waals surface area contributed by atoms with Crippen molar-refractivity contribution in [2.45, 2.75) is 0 Å². The summed E-state index contributed by atoms with van der Waals surface area (Å²) in [5.74, 6) is 0.739. The quantitative estimate of drug-likeness (QED) is 0.347. The summed E-state index contributed by atoms with van der Waals surface area (Å²) < 4.78 is 2.38. The van der Waals surface area contributed by atoms with Gasteiger partial charge in [0.25, 0.3) is 5.69 Å². The summed E-state index contributed by atoms with van der Waals surface area (Å²) in [6, 6.07) is 22.5. The van der Waals surface area contributed by atoms with Gasteiger partial charge in [0, 0.05) is 11.6 Å². The molecule has 6 heteroatoms. The first-order valence-corrected chi connectivity index (χ1v) is 8.42. The fourth-order valence-electron chi connectivity index (χ4n) is 2.87. The number of halogens is 1. The number of nitrogens with zero attached hydrogens (tertiary/aromatic N) is 3. The van der Waals surface area contributed by atoms with Gasteiger partial charge in [-0.2, -0.15) is 0 Å². The zero-order valence-corrected chi connectivity index (χ0v) is 14.6. The number of imidazole rings is 1. The monoisotopic (exact) mass is 393 g/mol. The Morgan fingerprint density at radius 2 is 1.64 bits per heavy atom. The Bertz CT molecular complexity index is 1090. The molecule has 0 atom stereocenters. The number of benzene rings is 3. The van der Waals surface area contributed by atoms with E-state index in [0.717, 1.165) is 22.4 Å². The SMILES string of the molecule is O=[N+]([O-])c1cccc(-n2c(-c3ccccc3)nc3ccccc32)c1Br. The van der Waals surface area contributed by atoms with Gasteiger partial charge in [0.1, 0.15) is 10.3 Å². The van der Waals surface area contributed by atoms with Crippen molar-refractivity contribution >= 4 is 32.7 Å². The van der Waals surface area contributed by atoms with Crippen molar-refractivity contribution in [1.82, 2.24) is 9.55 Å². The first kappa shape index (κ1) is 15.5. The van der Waals surface area contributed by atoms with E-state index in [0.29, 0.717) is 10.2 Å². The number of para-hydroxylation sites is 2. The number of aromatic nitrogens is 2. The third-order valence-corrected chi connectivity index (χ3v) is 4.80. The normalized spacial score (nSPS) is 10.9. The molecule has 4 rings (SSSR count). The summed E-state index contributed by atoms with van der Waals surface area (Å²) in [6.45, 7) is 0. The Kier molecular flexibility index (Phi) is 3.82. The van der Waals surface area contributed by atoms with Gasteiger partial charge in [0.2, 0.25) is 0 Å². The summed E-state index contributed by atoms with van der Waals surface area (Å²) in [5, 5.41) is 11.3. The minimum atomic E-state index is -0.394. The number of fused-ring (bicyclic) bond motifs is 1. The van der Waals surface area contributed by atoms with Crippen molar-refractivity contribution in [3.8, 4) is 17.1 Å². The largest absolute Gasteiger partial charge is 0.291 e. The van der Waals surface area contributed by atoms with Crippen LogP contribution in [-0.4, -0.2) is 14.5 Å². The van der Waals surface area contributed by atoms with Gasteiger partial charge >= 0.3 is 0 Å². The molecule has 0 radical (unpaired) electrons. The molecule has 0 N–H and O–H groups in total. The number of nitro benzene ring substituents is 1. The lowest BCUT2D eigenvalue weighted by molar-refractivity contribution is -0.385. The molecular weight excluding hydrogens is 382 g/mol. The Labute approximate surface area is 151 Å². The maximum absolute atomic E-state index is 11.3. The fourth-order valence-corrected chi connectivity index (χ4v) is 3.46. The first-order valence-electron chi connectivity index (χ1n) is 7.63. The molecule has 4 aromatic rings. The van der Waals surface area contributed by atoms with Gasteiger partial charge in [-0.15, -0.1) is 0 Å². The molecule has 0 saturated heterocycles. The predicted molar refractivity (Wildman–Crippen MR) is 101 cm³/mol. The molecule has 5 nitrogen and oxygen atoms in total. The molecule has 0 aliphatic carbocycles. The van der Waals surface area contributed by atoms with Crippen molar-refractivity contribution in [3.63, 3.8) is 0 Å². The Morgan fingerprint density at radius 1 is 0.920 bits per heavy atom. The lowest BCUT2D eigenvalue weighted by atomic mass is 10.2. The fraction of sp³-hybridized carbons (Fsp3) is 0. The minimum Gasteiger partial charge on any atom is -0.291 e. The molecule has 1 heterocycles. The molecule has 0 saturated carbocycles. The highest BCUT2D eigenvalue weighted by Gasteiger charge is 2.20. The summed E-state index contributed by atoms with van der Waals surface area (Å²) in [6.07, 6.45) is 0. The maximum Gasteiger partial charge on any atom is 0.285 e. The first-order chi connectivity index (χ1) is 12.2. The van der Waals surface area contributed by atoms with Gasteiger partial charge in [0.05, 0.1) is 21.6 Å². The molecular formula is C19H12BrN3O2. The van der Waals surface area contributed by atoms with Gasteiger partial charge in [0.15, 0.2) is 0 Å². The second-order valence-electron chi connectivity index (χ2n) is 5.49. The van der Waals surface area contributed by atoms with Crippen LogP contribution < -0.4 is 0 Å². The third-order valence-electron chi connectivity index (χ3n) is 3.99. The molecule has 1 aromatic heterocycles. The average Bonchev–Trinajstić information content (AvgIpc) is 3.02. The molecule has 0 aliphatic rings. The van der Waals surface area contributed by atoms with Crippen LogP contribution in [0.5, 0.6) is 0 Å². The number of nitro groups is 1. The van der Waals surface area contributed by atoms with Crippen molar-refractivity contribution in [2.24, 2.45) is 0 Å². The van der Waals surface area contributed by atoms with Crippen LogP contribution >= 0.6 is 15.9 Å². The highest BCUT2D eigenvalue weighted by Crippen LogP contribution is 2.36. The highest BCUT2D eigenvalue weighted by atomic mass is 79.9. The van der Waals surface area contributed by atoms with Crippen molar-refractivity contribution in [3.05, 3.63) is 87.4 Å².